The molecule has 3 rings (SSSR count). The number of amides is 2. The van der Waals surface area contributed by atoms with Gasteiger partial charge in [0.15, 0.2) is 6.10 Å². The fraction of sp³-hybridized carbons (Fsp3) is 0.375. The number of carbonyl (C=O) groups excluding carboxylic acids is 2. The van der Waals surface area contributed by atoms with Crippen LogP contribution in [0.4, 0.5) is 4.79 Å². The monoisotopic (exact) mass is 440 g/mol. The summed E-state index contributed by atoms with van der Waals surface area (Å²) in [7, 11) is 0. The smallest absolute Gasteiger partial charge is 0.407 e. The Morgan fingerprint density at radius 3 is 2.16 bits per heavy atom. The largest absolute Gasteiger partial charge is 0.479 e. The van der Waals surface area contributed by atoms with Gasteiger partial charge >= 0.3 is 12.1 Å². The Bertz CT molecular complexity index is 916. The third-order valence-electron chi connectivity index (χ3n) is 5.47. The first-order chi connectivity index (χ1) is 15.5. The number of unbranched alkanes of at least 4 members (excludes halogenated alkanes) is 1. The number of nitrogens with one attached hydrogen (secondary N) is 2. The number of alkyl carbamates (subject to hydrolysis) is 1. The maximum absolute atomic E-state index is 12.1. The summed E-state index contributed by atoms with van der Waals surface area (Å²) in [6.45, 7) is 0.746. The number of ether oxygens (including phenoxy) is 1. The fourth-order valence-corrected chi connectivity index (χ4v) is 3.81. The van der Waals surface area contributed by atoms with Crippen LogP contribution in [-0.4, -0.2) is 54.0 Å². The molecule has 0 fully saturated rings. The van der Waals surface area contributed by atoms with Gasteiger partial charge in [0, 0.05) is 31.8 Å². The normalized spacial score (nSPS) is 13.0. The van der Waals surface area contributed by atoms with Crippen molar-refractivity contribution in [1.82, 2.24) is 10.6 Å². The minimum Gasteiger partial charge on any atom is -0.479 e. The van der Waals surface area contributed by atoms with Gasteiger partial charge in [0.05, 0.1) is 0 Å². The third kappa shape index (κ3) is 6.07. The van der Waals surface area contributed by atoms with Gasteiger partial charge in [-0.15, -0.1) is 0 Å². The Hall–Kier alpha value is -3.39. The number of aliphatic carboxylic acids is 1. The summed E-state index contributed by atoms with van der Waals surface area (Å²) < 4.78 is 5.46. The Labute approximate surface area is 186 Å². The van der Waals surface area contributed by atoms with Crippen molar-refractivity contribution in [3.05, 3.63) is 59.7 Å². The molecule has 8 nitrogen and oxygen atoms in total. The second kappa shape index (κ2) is 11.3. The van der Waals surface area contributed by atoms with Crippen LogP contribution in [0.15, 0.2) is 48.5 Å². The van der Waals surface area contributed by atoms with Gasteiger partial charge in [0.1, 0.15) is 6.61 Å². The number of rotatable bonds is 11. The molecular formula is C24H28N2O6. The van der Waals surface area contributed by atoms with Crippen LogP contribution in [-0.2, 0) is 14.3 Å². The van der Waals surface area contributed by atoms with E-state index in [1.165, 1.54) is 11.1 Å². The highest BCUT2D eigenvalue weighted by atomic mass is 16.5. The Balaban J connectivity index is 1.33. The second-order valence-electron chi connectivity index (χ2n) is 7.70. The Kier molecular flexibility index (Phi) is 8.21. The number of aliphatic hydroxyl groups excluding tert-OH is 1. The summed E-state index contributed by atoms with van der Waals surface area (Å²) in [4.78, 5) is 34.3. The van der Waals surface area contributed by atoms with Gasteiger partial charge in [-0.05, 0) is 35.1 Å². The maximum Gasteiger partial charge on any atom is 0.407 e. The molecule has 0 aliphatic heterocycles. The highest BCUT2D eigenvalue weighted by Gasteiger charge is 2.28. The van der Waals surface area contributed by atoms with Gasteiger partial charge in [-0.3, -0.25) is 4.79 Å². The van der Waals surface area contributed by atoms with Crippen molar-refractivity contribution >= 4 is 18.0 Å². The number of hydrogen-bond acceptors (Lipinski definition) is 5. The molecule has 0 radical (unpaired) electrons. The SMILES string of the molecule is O=C(CCCCNC(=O)OCC1c2ccccc2-c2ccccc21)NCC[C@H](O)C(=O)O. The quantitative estimate of drug-likeness (QED) is 0.398. The van der Waals surface area contributed by atoms with E-state index in [9.17, 15) is 14.4 Å². The fourth-order valence-electron chi connectivity index (χ4n) is 3.81. The van der Waals surface area contributed by atoms with Crippen molar-refractivity contribution < 1.29 is 29.3 Å². The topological polar surface area (TPSA) is 125 Å². The molecule has 1 aliphatic carbocycles. The van der Waals surface area contributed by atoms with Crippen LogP contribution in [0.1, 0.15) is 42.7 Å². The predicted molar refractivity (Wildman–Crippen MR) is 118 cm³/mol. The van der Waals surface area contributed by atoms with Crippen molar-refractivity contribution in [3.63, 3.8) is 0 Å². The number of carboxylic acid groups (broad SMARTS) is 1. The molecule has 0 aromatic heterocycles. The van der Waals surface area contributed by atoms with E-state index >= 15 is 0 Å². The minimum atomic E-state index is -1.48. The minimum absolute atomic E-state index is 0.0106. The van der Waals surface area contributed by atoms with E-state index in [4.69, 9.17) is 14.9 Å². The first-order valence-electron chi connectivity index (χ1n) is 10.7. The molecule has 2 aromatic carbocycles. The zero-order valence-corrected chi connectivity index (χ0v) is 17.8. The van der Waals surface area contributed by atoms with E-state index in [1.54, 1.807) is 0 Å². The highest BCUT2D eigenvalue weighted by Crippen LogP contribution is 2.44. The molecule has 1 aliphatic rings. The van der Waals surface area contributed by atoms with Crippen molar-refractivity contribution in [2.45, 2.75) is 37.7 Å². The molecule has 8 heteroatoms. The molecule has 170 valence electrons. The summed E-state index contributed by atoms with van der Waals surface area (Å²) in [5, 5.41) is 23.0. The number of fused-ring (bicyclic) bond motifs is 3. The second-order valence-corrected chi connectivity index (χ2v) is 7.70. The number of carboxylic acids is 1. The van der Waals surface area contributed by atoms with Crippen molar-refractivity contribution in [2.24, 2.45) is 0 Å². The molecular weight excluding hydrogens is 412 g/mol. The first-order valence-corrected chi connectivity index (χ1v) is 10.7. The standard InChI is InChI=1S/C24H28N2O6/c27-21(23(29)30)12-14-25-22(28)11-5-6-13-26-24(31)32-15-20-18-9-3-1-7-16(18)17-8-2-4-10-19(17)20/h1-4,7-10,20-21,27H,5-6,11-15H2,(H,25,28)(H,26,31)(H,29,30)/t21-/m0/s1. The molecule has 0 bridgehead atoms. The number of benzene rings is 2. The lowest BCUT2D eigenvalue weighted by molar-refractivity contribution is -0.147. The average Bonchev–Trinajstić information content (AvgIpc) is 3.11. The molecule has 0 heterocycles. The lowest BCUT2D eigenvalue weighted by Crippen LogP contribution is -2.30. The van der Waals surface area contributed by atoms with Crippen LogP contribution in [0.5, 0.6) is 0 Å². The van der Waals surface area contributed by atoms with Gasteiger partial charge < -0.3 is 25.6 Å². The van der Waals surface area contributed by atoms with E-state index in [2.05, 4.69) is 34.9 Å². The average molecular weight is 440 g/mol. The molecule has 0 saturated heterocycles. The third-order valence-corrected chi connectivity index (χ3v) is 5.47. The van der Waals surface area contributed by atoms with E-state index in [0.717, 1.165) is 11.1 Å². The van der Waals surface area contributed by atoms with Crippen molar-refractivity contribution in [2.75, 3.05) is 19.7 Å². The molecule has 1 atom stereocenters. The summed E-state index contributed by atoms with van der Waals surface area (Å²) in [6.07, 6.45) is -0.567. The molecule has 0 spiro atoms. The molecule has 32 heavy (non-hydrogen) atoms. The summed E-state index contributed by atoms with van der Waals surface area (Å²) in [5.41, 5.74) is 4.66. The van der Waals surface area contributed by atoms with Crippen LogP contribution in [0, 0.1) is 0 Å². The molecule has 2 aromatic rings. The molecule has 0 unspecified atom stereocenters. The van der Waals surface area contributed by atoms with Crippen molar-refractivity contribution in [1.29, 1.82) is 0 Å². The number of aliphatic hydroxyl groups is 1. The zero-order valence-electron chi connectivity index (χ0n) is 17.8. The van der Waals surface area contributed by atoms with Gasteiger partial charge in [-0.2, -0.15) is 0 Å². The lowest BCUT2D eigenvalue weighted by Gasteiger charge is -2.14. The predicted octanol–water partition coefficient (Wildman–Crippen LogP) is 2.65. The summed E-state index contributed by atoms with van der Waals surface area (Å²) in [5.74, 6) is -1.52. The van der Waals surface area contributed by atoms with Crippen LogP contribution in [0.25, 0.3) is 11.1 Å². The van der Waals surface area contributed by atoms with Crippen molar-refractivity contribution in [3.8, 4) is 11.1 Å². The summed E-state index contributed by atoms with van der Waals surface area (Å²) in [6, 6.07) is 16.3. The molecule has 0 saturated carbocycles. The van der Waals surface area contributed by atoms with E-state index in [-0.39, 0.29) is 37.8 Å². The van der Waals surface area contributed by atoms with Gasteiger partial charge in [-0.25, -0.2) is 9.59 Å². The molecule has 4 N–H and O–H groups in total. The van der Waals surface area contributed by atoms with E-state index in [1.807, 2.05) is 24.3 Å². The Morgan fingerprint density at radius 2 is 1.53 bits per heavy atom. The number of carbonyl (C=O) groups is 3. The Morgan fingerprint density at radius 1 is 0.906 bits per heavy atom. The molecule has 2 amide bonds. The number of hydrogen-bond donors (Lipinski definition) is 4. The lowest BCUT2D eigenvalue weighted by atomic mass is 9.98. The van der Waals surface area contributed by atoms with Crippen LogP contribution in [0.2, 0.25) is 0 Å². The summed E-state index contributed by atoms with van der Waals surface area (Å²) >= 11 is 0. The van der Waals surface area contributed by atoms with Crippen LogP contribution in [0.3, 0.4) is 0 Å². The van der Waals surface area contributed by atoms with Crippen LogP contribution >= 0.6 is 0 Å². The van der Waals surface area contributed by atoms with Gasteiger partial charge in [-0.1, -0.05) is 48.5 Å². The highest BCUT2D eigenvalue weighted by molar-refractivity contribution is 5.79. The van der Waals surface area contributed by atoms with E-state index in [0.29, 0.717) is 19.4 Å². The van der Waals surface area contributed by atoms with E-state index < -0.39 is 18.2 Å². The van der Waals surface area contributed by atoms with Gasteiger partial charge in [0.25, 0.3) is 0 Å². The first kappa shape index (κ1) is 23.3. The zero-order chi connectivity index (χ0) is 22.9. The van der Waals surface area contributed by atoms with Crippen LogP contribution < -0.4 is 10.6 Å². The van der Waals surface area contributed by atoms with Gasteiger partial charge in [0.2, 0.25) is 5.91 Å². The maximum atomic E-state index is 12.1.